The summed E-state index contributed by atoms with van der Waals surface area (Å²) in [5.74, 6) is 0.358. The number of furan rings is 1. The predicted molar refractivity (Wildman–Crippen MR) is 75.7 cm³/mol. The standard InChI is InChI=1S/C14H14N2O5/c1-3-20-10-4-5-12(13(8-10)16(18)19)15-14(17)11-6-7-21-9(11)2/h4-8H,3H2,1-2H3,(H,15,17). The molecule has 0 fully saturated rings. The number of nitrogens with zero attached hydrogens (tertiary/aromatic N) is 1. The number of rotatable bonds is 5. The lowest BCUT2D eigenvalue weighted by Crippen LogP contribution is -2.13. The average molecular weight is 290 g/mol. The summed E-state index contributed by atoms with van der Waals surface area (Å²) in [7, 11) is 0. The first-order valence-electron chi connectivity index (χ1n) is 6.29. The minimum Gasteiger partial charge on any atom is -0.494 e. The normalized spacial score (nSPS) is 10.2. The number of hydrogen-bond acceptors (Lipinski definition) is 5. The number of anilines is 1. The minimum atomic E-state index is -0.569. The summed E-state index contributed by atoms with van der Waals surface area (Å²) in [6.45, 7) is 3.82. The monoisotopic (exact) mass is 290 g/mol. The van der Waals surface area contributed by atoms with Crippen LogP contribution >= 0.6 is 0 Å². The van der Waals surface area contributed by atoms with Gasteiger partial charge in [-0.25, -0.2) is 0 Å². The first-order chi connectivity index (χ1) is 10.0. The van der Waals surface area contributed by atoms with E-state index in [-0.39, 0.29) is 11.4 Å². The van der Waals surface area contributed by atoms with E-state index < -0.39 is 10.8 Å². The molecule has 0 atom stereocenters. The van der Waals surface area contributed by atoms with Gasteiger partial charge >= 0.3 is 0 Å². The van der Waals surface area contributed by atoms with Gasteiger partial charge in [0.1, 0.15) is 17.2 Å². The van der Waals surface area contributed by atoms with Crippen molar-refractivity contribution in [2.75, 3.05) is 11.9 Å². The molecular weight excluding hydrogens is 276 g/mol. The molecule has 0 aliphatic heterocycles. The van der Waals surface area contributed by atoms with E-state index in [0.29, 0.717) is 23.7 Å². The fourth-order valence-electron chi connectivity index (χ4n) is 1.83. The summed E-state index contributed by atoms with van der Waals surface area (Å²) >= 11 is 0. The molecule has 0 aliphatic carbocycles. The second kappa shape index (κ2) is 6.08. The predicted octanol–water partition coefficient (Wildman–Crippen LogP) is 3.15. The van der Waals surface area contributed by atoms with E-state index in [2.05, 4.69) is 5.32 Å². The molecule has 0 unspecified atom stereocenters. The van der Waals surface area contributed by atoms with Gasteiger partial charge in [-0.05, 0) is 32.0 Å². The van der Waals surface area contributed by atoms with Crippen molar-refractivity contribution in [1.29, 1.82) is 0 Å². The summed E-state index contributed by atoms with van der Waals surface area (Å²) in [5.41, 5.74) is 0.211. The van der Waals surface area contributed by atoms with Crippen LogP contribution in [-0.4, -0.2) is 17.4 Å². The fourth-order valence-corrected chi connectivity index (χ4v) is 1.83. The van der Waals surface area contributed by atoms with Gasteiger partial charge in [0.15, 0.2) is 0 Å². The van der Waals surface area contributed by atoms with Crippen LogP contribution in [0, 0.1) is 17.0 Å². The molecule has 0 spiro atoms. The molecule has 1 aromatic heterocycles. The van der Waals surface area contributed by atoms with Crippen molar-refractivity contribution in [2.45, 2.75) is 13.8 Å². The molecule has 110 valence electrons. The number of carbonyl (C=O) groups is 1. The Morgan fingerprint density at radius 2 is 2.19 bits per heavy atom. The third kappa shape index (κ3) is 3.19. The number of aryl methyl sites for hydroxylation is 1. The number of hydrogen-bond donors (Lipinski definition) is 1. The van der Waals surface area contributed by atoms with Gasteiger partial charge in [0.25, 0.3) is 11.6 Å². The second-order valence-electron chi connectivity index (χ2n) is 4.21. The number of nitro benzene ring substituents is 1. The third-order valence-electron chi connectivity index (χ3n) is 2.83. The number of amides is 1. The van der Waals surface area contributed by atoms with E-state index in [4.69, 9.17) is 9.15 Å². The number of benzene rings is 1. The summed E-state index contributed by atoms with van der Waals surface area (Å²) < 4.78 is 10.3. The summed E-state index contributed by atoms with van der Waals surface area (Å²) in [6, 6.07) is 5.79. The second-order valence-corrected chi connectivity index (χ2v) is 4.21. The van der Waals surface area contributed by atoms with Crippen molar-refractivity contribution in [3.63, 3.8) is 0 Å². The lowest BCUT2D eigenvalue weighted by molar-refractivity contribution is -0.384. The maximum Gasteiger partial charge on any atom is 0.296 e. The highest BCUT2D eigenvalue weighted by molar-refractivity contribution is 6.06. The van der Waals surface area contributed by atoms with Crippen LogP contribution in [0.4, 0.5) is 11.4 Å². The van der Waals surface area contributed by atoms with Crippen LogP contribution in [0.3, 0.4) is 0 Å². The minimum absolute atomic E-state index is 0.106. The quantitative estimate of drug-likeness (QED) is 0.674. The van der Waals surface area contributed by atoms with E-state index in [1.165, 1.54) is 24.5 Å². The van der Waals surface area contributed by atoms with Crippen molar-refractivity contribution < 1.29 is 18.9 Å². The van der Waals surface area contributed by atoms with Crippen LogP contribution in [0.1, 0.15) is 23.0 Å². The molecule has 0 aliphatic rings. The van der Waals surface area contributed by atoms with Crippen molar-refractivity contribution in [2.24, 2.45) is 0 Å². The summed E-state index contributed by atoms with van der Waals surface area (Å²) in [6.07, 6.45) is 1.39. The van der Waals surface area contributed by atoms with Gasteiger partial charge in [-0.15, -0.1) is 0 Å². The van der Waals surface area contributed by atoms with Gasteiger partial charge in [-0.2, -0.15) is 0 Å². The Kier molecular flexibility index (Phi) is 4.22. The first kappa shape index (κ1) is 14.6. The molecule has 1 N–H and O–H groups in total. The highest BCUT2D eigenvalue weighted by Gasteiger charge is 2.19. The molecule has 0 saturated heterocycles. The Morgan fingerprint density at radius 3 is 2.76 bits per heavy atom. The van der Waals surface area contributed by atoms with Crippen LogP contribution in [0.25, 0.3) is 0 Å². The van der Waals surface area contributed by atoms with E-state index in [1.54, 1.807) is 19.9 Å². The molecule has 1 aromatic carbocycles. The molecule has 1 heterocycles. The molecule has 7 nitrogen and oxygen atoms in total. The molecule has 7 heteroatoms. The van der Waals surface area contributed by atoms with Crippen molar-refractivity contribution in [3.8, 4) is 5.75 Å². The van der Waals surface area contributed by atoms with Crippen LogP contribution in [-0.2, 0) is 0 Å². The molecule has 2 aromatic rings. The Bertz CT molecular complexity index is 678. The van der Waals surface area contributed by atoms with Gasteiger partial charge < -0.3 is 14.5 Å². The van der Waals surface area contributed by atoms with Gasteiger partial charge in [-0.3, -0.25) is 14.9 Å². The van der Waals surface area contributed by atoms with E-state index >= 15 is 0 Å². The van der Waals surface area contributed by atoms with Crippen molar-refractivity contribution in [1.82, 2.24) is 0 Å². The number of nitrogens with one attached hydrogen (secondary N) is 1. The van der Waals surface area contributed by atoms with Gasteiger partial charge in [0.05, 0.1) is 29.4 Å². The number of ether oxygens (including phenoxy) is 1. The third-order valence-corrected chi connectivity index (χ3v) is 2.83. The van der Waals surface area contributed by atoms with E-state index in [1.807, 2.05) is 0 Å². The molecule has 1 amide bonds. The number of carbonyl (C=O) groups excluding carboxylic acids is 1. The SMILES string of the molecule is CCOc1ccc(NC(=O)c2ccoc2C)c([N+](=O)[O-])c1. The molecular formula is C14H14N2O5. The first-order valence-corrected chi connectivity index (χ1v) is 6.29. The Balaban J connectivity index is 2.29. The van der Waals surface area contributed by atoms with Gasteiger partial charge in [-0.1, -0.05) is 0 Å². The maximum atomic E-state index is 12.1. The topological polar surface area (TPSA) is 94.6 Å². The van der Waals surface area contributed by atoms with Crippen LogP contribution < -0.4 is 10.1 Å². The summed E-state index contributed by atoms with van der Waals surface area (Å²) in [5, 5.41) is 13.6. The van der Waals surface area contributed by atoms with Crippen LogP contribution in [0.2, 0.25) is 0 Å². The molecule has 2 rings (SSSR count). The zero-order valence-corrected chi connectivity index (χ0v) is 11.6. The highest BCUT2D eigenvalue weighted by Crippen LogP contribution is 2.29. The molecule has 21 heavy (non-hydrogen) atoms. The number of nitro groups is 1. The van der Waals surface area contributed by atoms with Gasteiger partial charge in [0, 0.05) is 0 Å². The van der Waals surface area contributed by atoms with Crippen LogP contribution in [0.5, 0.6) is 5.75 Å². The van der Waals surface area contributed by atoms with Gasteiger partial charge in [0.2, 0.25) is 0 Å². The Labute approximate surface area is 120 Å². The largest absolute Gasteiger partial charge is 0.494 e. The average Bonchev–Trinajstić information content (AvgIpc) is 2.87. The zero-order chi connectivity index (χ0) is 15.4. The lowest BCUT2D eigenvalue weighted by Gasteiger charge is -2.08. The van der Waals surface area contributed by atoms with Crippen molar-refractivity contribution >= 4 is 17.3 Å². The Hall–Kier alpha value is -2.83. The maximum absolute atomic E-state index is 12.1. The van der Waals surface area contributed by atoms with Crippen molar-refractivity contribution in [3.05, 3.63) is 52.0 Å². The summed E-state index contributed by atoms with van der Waals surface area (Å²) in [4.78, 5) is 22.6. The van der Waals surface area contributed by atoms with Crippen LogP contribution in [0.15, 0.2) is 34.9 Å². The van der Waals surface area contributed by atoms with E-state index in [9.17, 15) is 14.9 Å². The molecule has 0 radical (unpaired) electrons. The highest BCUT2D eigenvalue weighted by atomic mass is 16.6. The fraction of sp³-hybridized carbons (Fsp3) is 0.214. The van der Waals surface area contributed by atoms with E-state index in [0.717, 1.165) is 0 Å². The lowest BCUT2D eigenvalue weighted by atomic mass is 10.2. The Morgan fingerprint density at radius 1 is 1.43 bits per heavy atom. The molecule has 0 saturated carbocycles. The zero-order valence-electron chi connectivity index (χ0n) is 11.6. The molecule has 0 bridgehead atoms. The smallest absolute Gasteiger partial charge is 0.296 e.